The molecule has 9 nitrogen and oxygen atoms in total. The Morgan fingerprint density at radius 3 is 2.71 bits per heavy atom. The van der Waals surface area contributed by atoms with E-state index in [1.54, 1.807) is 25.4 Å². The third-order valence-corrected chi connectivity index (χ3v) is 6.32. The number of anilines is 1. The quantitative estimate of drug-likeness (QED) is 0.685. The van der Waals surface area contributed by atoms with E-state index in [4.69, 9.17) is 0 Å². The number of nitrogens with zero attached hydrogens (tertiary/aromatic N) is 2. The van der Waals surface area contributed by atoms with Crippen LogP contribution in [0.15, 0.2) is 53.7 Å². The highest BCUT2D eigenvalue weighted by Crippen LogP contribution is 2.21. The predicted octanol–water partition coefficient (Wildman–Crippen LogP) is 0.912. The average Bonchev–Trinajstić information content (AvgIpc) is 2.69. The largest absolute Gasteiger partial charge is 0.353 e. The van der Waals surface area contributed by atoms with Crippen LogP contribution >= 0.6 is 0 Å². The zero-order valence-corrected chi connectivity index (χ0v) is 16.1. The van der Waals surface area contributed by atoms with Gasteiger partial charge in [-0.1, -0.05) is 6.07 Å². The molecule has 1 aliphatic heterocycles. The molecule has 3 rings (SSSR count). The molecule has 1 saturated heterocycles. The summed E-state index contributed by atoms with van der Waals surface area (Å²) >= 11 is 0. The number of hydrogen-bond donors (Lipinski definition) is 3. The number of rotatable bonds is 5. The molecule has 2 heterocycles. The second-order valence-corrected chi connectivity index (χ2v) is 8.17. The van der Waals surface area contributed by atoms with Crippen molar-refractivity contribution in [2.24, 2.45) is 0 Å². The molecular weight excluding hydrogens is 382 g/mol. The van der Waals surface area contributed by atoms with Crippen molar-refractivity contribution in [2.75, 3.05) is 18.4 Å². The SMILES string of the molecule is CC1C(=O)NCCN1S(=O)(=O)c1ccc(NC(=O)NCc2cccnc2)cc1. The van der Waals surface area contributed by atoms with Crippen LogP contribution in [-0.2, 0) is 21.4 Å². The molecular formula is C18H21N5O4S. The number of aromatic nitrogens is 1. The van der Waals surface area contributed by atoms with Crippen LogP contribution in [0.3, 0.4) is 0 Å². The van der Waals surface area contributed by atoms with Gasteiger partial charge in [0.05, 0.1) is 4.90 Å². The first kappa shape index (κ1) is 19.8. The van der Waals surface area contributed by atoms with Crippen molar-refractivity contribution in [1.29, 1.82) is 0 Å². The highest BCUT2D eigenvalue weighted by atomic mass is 32.2. The van der Waals surface area contributed by atoms with Gasteiger partial charge in [0.15, 0.2) is 0 Å². The molecule has 0 saturated carbocycles. The van der Waals surface area contributed by atoms with Crippen molar-refractivity contribution in [3.05, 3.63) is 54.4 Å². The Morgan fingerprint density at radius 2 is 2.04 bits per heavy atom. The van der Waals surface area contributed by atoms with Crippen molar-refractivity contribution in [1.82, 2.24) is 19.9 Å². The first-order valence-electron chi connectivity index (χ1n) is 8.71. The lowest BCUT2D eigenvalue weighted by atomic mass is 10.2. The Kier molecular flexibility index (Phi) is 5.90. The Bertz CT molecular complexity index is 948. The minimum absolute atomic E-state index is 0.0652. The summed E-state index contributed by atoms with van der Waals surface area (Å²) in [5.74, 6) is -0.321. The molecule has 0 radical (unpaired) electrons. The Morgan fingerprint density at radius 1 is 1.29 bits per heavy atom. The maximum atomic E-state index is 12.8. The number of amides is 3. The zero-order valence-electron chi connectivity index (χ0n) is 15.3. The van der Waals surface area contributed by atoms with E-state index < -0.39 is 22.1 Å². The van der Waals surface area contributed by atoms with Crippen molar-refractivity contribution in [2.45, 2.75) is 24.4 Å². The molecule has 0 bridgehead atoms. The summed E-state index contributed by atoms with van der Waals surface area (Å²) in [6.45, 7) is 2.36. The summed E-state index contributed by atoms with van der Waals surface area (Å²) in [5, 5.41) is 7.97. The van der Waals surface area contributed by atoms with Crippen molar-refractivity contribution in [3.63, 3.8) is 0 Å². The molecule has 3 N–H and O–H groups in total. The molecule has 0 spiro atoms. The van der Waals surface area contributed by atoms with E-state index >= 15 is 0 Å². The lowest BCUT2D eigenvalue weighted by Crippen LogP contribution is -2.55. The van der Waals surface area contributed by atoms with E-state index in [9.17, 15) is 18.0 Å². The Labute approximate surface area is 163 Å². The minimum Gasteiger partial charge on any atom is -0.353 e. The summed E-state index contributed by atoms with van der Waals surface area (Å²) in [7, 11) is -3.80. The van der Waals surface area contributed by atoms with Gasteiger partial charge >= 0.3 is 6.03 Å². The van der Waals surface area contributed by atoms with Gasteiger partial charge in [0, 0.05) is 37.7 Å². The molecule has 28 heavy (non-hydrogen) atoms. The number of urea groups is 1. The molecule has 1 aliphatic rings. The second-order valence-electron chi connectivity index (χ2n) is 6.28. The third-order valence-electron chi connectivity index (χ3n) is 4.34. The third kappa shape index (κ3) is 4.46. The predicted molar refractivity (Wildman–Crippen MR) is 103 cm³/mol. The first-order valence-corrected chi connectivity index (χ1v) is 10.2. The minimum atomic E-state index is -3.80. The van der Waals surface area contributed by atoms with Gasteiger partial charge in [0.25, 0.3) is 0 Å². The van der Waals surface area contributed by atoms with Crippen molar-refractivity contribution >= 4 is 27.6 Å². The highest BCUT2D eigenvalue weighted by Gasteiger charge is 2.35. The van der Waals surface area contributed by atoms with Crippen LogP contribution < -0.4 is 16.0 Å². The smallest absolute Gasteiger partial charge is 0.319 e. The van der Waals surface area contributed by atoms with Gasteiger partial charge < -0.3 is 16.0 Å². The first-order chi connectivity index (χ1) is 13.4. The van der Waals surface area contributed by atoms with Gasteiger partial charge in [-0.3, -0.25) is 9.78 Å². The summed E-state index contributed by atoms with van der Waals surface area (Å²) < 4.78 is 26.7. The number of pyridine rings is 1. The number of nitrogens with one attached hydrogen (secondary N) is 3. The van der Waals surface area contributed by atoms with Gasteiger partial charge in [0.1, 0.15) is 6.04 Å². The molecule has 1 aromatic heterocycles. The van der Waals surface area contributed by atoms with Gasteiger partial charge in [-0.25, -0.2) is 13.2 Å². The summed E-state index contributed by atoms with van der Waals surface area (Å²) in [6.07, 6.45) is 3.30. The monoisotopic (exact) mass is 403 g/mol. The second kappa shape index (κ2) is 8.36. The zero-order chi connectivity index (χ0) is 20.1. The van der Waals surface area contributed by atoms with Crippen LogP contribution in [0, 0.1) is 0 Å². The van der Waals surface area contributed by atoms with E-state index in [2.05, 4.69) is 20.9 Å². The molecule has 1 atom stereocenters. The van der Waals surface area contributed by atoms with Gasteiger partial charge in [-0.2, -0.15) is 4.31 Å². The summed E-state index contributed by atoms with van der Waals surface area (Å²) in [6, 6.07) is 8.26. The molecule has 3 amide bonds. The van der Waals surface area contributed by atoms with Crippen LogP contribution in [0.2, 0.25) is 0 Å². The van der Waals surface area contributed by atoms with Gasteiger partial charge in [-0.15, -0.1) is 0 Å². The molecule has 2 aromatic rings. The number of hydrogen-bond acceptors (Lipinski definition) is 5. The molecule has 0 aliphatic carbocycles. The number of carbonyl (C=O) groups is 2. The highest BCUT2D eigenvalue weighted by molar-refractivity contribution is 7.89. The lowest BCUT2D eigenvalue weighted by Gasteiger charge is -2.31. The van der Waals surface area contributed by atoms with E-state index in [1.165, 1.54) is 28.6 Å². The molecule has 1 aromatic carbocycles. The normalized spacial score (nSPS) is 17.6. The van der Waals surface area contributed by atoms with E-state index in [1.807, 2.05) is 6.07 Å². The van der Waals surface area contributed by atoms with E-state index in [-0.39, 0.29) is 23.9 Å². The van der Waals surface area contributed by atoms with Crippen LogP contribution in [0.5, 0.6) is 0 Å². The fourth-order valence-electron chi connectivity index (χ4n) is 2.80. The Balaban J connectivity index is 1.62. The van der Waals surface area contributed by atoms with Gasteiger partial charge in [-0.05, 0) is 42.8 Å². The average molecular weight is 403 g/mol. The van der Waals surface area contributed by atoms with Crippen molar-refractivity contribution < 1.29 is 18.0 Å². The maximum Gasteiger partial charge on any atom is 0.319 e. The number of sulfonamides is 1. The summed E-state index contributed by atoms with van der Waals surface area (Å²) in [5.41, 5.74) is 1.31. The number of carbonyl (C=O) groups excluding carboxylic acids is 2. The Hall–Kier alpha value is -2.98. The van der Waals surface area contributed by atoms with Crippen LogP contribution in [-0.4, -0.2) is 48.8 Å². The summed E-state index contributed by atoms with van der Waals surface area (Å²) in [4.78, 5) is 27.8. The van der Waals surface area contributed by atoms with Crippen LogP contribution in [0.1, 0.15) is 12.5 Å². The van der Waals surface area contributed by atoms with E-state index in [0.29, 0.717) is 12.2 Å². The standard InChI is InChI=1S/C18H21N5O4S/c1-13-17(24)20-9-10-23(13)28(26,27)16-6-4-15(5-7-16)22-18(25)21-12-14-3-2-8-19-11-14/h2-8,11,13H,9-10,12H2,1H3,(H,20,24)(H2,21,22,25). The van der Waals surface area contributed by atoms with Crippen LogP contribution in [0.4, 0.5) is 10.5 Å². The van der Waals surface area contributed by atoms with Crippen LogP contribution in [0.25, 0.3) is 0 Å². The number of piperazine rings is 1. The van der Waals surface area contributed by atoms with Crippen molar-refractivity contribution in [3.8, 4) is 0 Å². The lowest BCUT2D eigenvalue weighted by molar-refractivity contribution is -0.126. The molecule has 10 heteroatoms. The maximum absolute atomic E-state index is 12.8. The fraction of sp³-hybridized carbons (Fsp3) is 0.278. The number of benzene rings is 1. The van der Waals surface area contributed by atoms with E-state index in [0.717, 1.165) is 5.56 Å². The molecule has 1 unspecified atom stereocenters. The van der Waals surface area contributed by atoms with Gasteiger partial charge in [0.2, 0.25) is 15.9 Å². The molecule has 148 valence electrons. The fourth-order valence-corrected chi connectivity index (χ4v) is 4.39. The topological polar surface area (TPSA) is 121 Å². The molecule has 1 fully saturated rings.